The molecule has 2 aromatic heterocycles. The number of carbonyl (C=O) groups excluding carboxylic acids is 1. The van der Waals surface area contributed by atoms with Gasteiger partial charge in [-0.3, -0.25) is 9.78 Å². The van der Waals surface area contributed by atoms with Gasteiger partial charge in [-0.2, -0.15) is 0 Å². The summed E-state index contributed by atoms with van der Waals surface area (Å²) < 4.78 is 2.24. The van der Waals surface area contributed by atoms with Crippen LogP contribution in [0.3, 0.4) is 0 Å². The van der Waals surface area contributed by atoms with Crippen LogP contribution in [0.15, 0.2) is 60.9 Å². The zero-order chi connectivity index (χ0) is 22.0. The molecule has 160 valence electrons. The number of rotatable bonds is 6. The van der Waals surface area contributed by atoms with Crippen molar-refractivity contribution in [3.63, 3.8) is 0 Å². The van der Waals surface area contributed by atoms with Crippen molar-refractivity contribution in [3.05, 3.63) is 77.9 Å². The fourth-order valence-electron chi connectivity index (χ4n) is 4.09. The molecule has 1 aliphatic rings. The van der Waals surface area contributed by atoms with E-state index in [4.69, 9.17) is 12.2 Å². The molecule has 1 aliphatic heterocycles. The zero-order valence-corrected chi connectivity index (χ0v) is 18.8. The summed E-state index contributed by atoms with van der Waals surface area (Å²) in [7, 11) is 0. The van der Waals surface area contributed by atoms with Gasteiger partial charge in [0.15, 0.2) is 5.11 Å². The SMILES string of the molecule is CCC(=O)Nc1ccc(N2C(=S)N[C@@H](c3ccccn3)[C@@H]2c2cccn2CC)cc1C. The van der Waals surface area contributed by atoms with Gasteiger partial charge in [0.05, 0.1) is 11.7 Å². The lowest BCUT2D eigenvalue weighted by Crippen LogP contribution is -2.30. The molecule has 2 atom stereocenters. The third-order valence-corrected chi connectivity index (χ3v) is 6.00. The second-order valence-electron chi connectivity index (χ2n) is 7.62. The second-order valence-corrected chi connectivity index (χ2v) is 8.00. The number of pyridine rings is 1. The van der Waals surface area contributed by atoms with Gasteiger partial charge in [0.1, 0.15) is 6.04 Å². The highest BCUT2D eigenvalue weighted by atomic mass is 32.1. The van der Waals surface area contributed by atoms with E-state index in [1.165, 1.54) is 5.69 Å². The maximum atomic E-state index is 11.8. The Morgan fingerprint density at radius 1 is 1.19 bits per heavy atom. The summed E-state index contributed by atoms with van der Waals surface area (Å²) in [4.78, 5) is 18.6. The molecular formula is C24H27N5OS. The minimum atomic E-state index is -0.0753. The molecule has 6 nitrogen and oxygen atoms in total. The van der Waals surface area contributed by atoms with Crippen molar-refractivity contribution in [1.29, 1.82) is 0 Å². The number of carbonyl (C=O) groups is 1. The smallest absolute Gasteiger partial charge is 0.224 e. The molecule has 31 heavy (non-hydrogen) atoms. The van der Waals surface area contributed by atoms with Gasteiger partial charge < -0.3 is 20.1 Å². The summed E-state index contributed by atoms with van der Waals surface area (Å²) in [6, 6.07) is 16.1. The van der Waals surface area contributed by atoms with Crippen LogP contribution in [0, 0.1) is 6.92 Å². The number of nitrogens with one attached hydrogen (secondary N) is 2. The first-order valence-electron chi connectivity index (χ1n) is 10.6. The molecule has 2 N–H and O–H groups in total. The number of thiocarbonyl (C=S) groups is 1. The van der Waals surface area contributed by atoms with Crippen molar-refractivity contribution in [2.45, 2.75) is 45.8 Å². The maximum absolute atomic E-state index is 11.8. The van der Waals surface area contributed by atoms with Gasteiger partial charge in [0.25, 0.3) is 0 Å². The van der Waals surface area contributed by atoms with E-state index < -0.39 is 0 Å². The highest BCUT2D eigenvalue weighted by Crippen LogP contribution is 2.42. The van der Waals surface area contributed by atoms with E-state index in [9.17, 15) is 4.79 Å². The van der Waals surface area contributed by atoms with Crippen LogP contribution in [0.5, 0.6) is 0 Å². The van der Waals surface area contributed by atoms with Crippen LogP contribution < -0.4 is 15.5 Å². The second kappa shape index (κ2) is 8.89. The first-order valence-corrected chi connectivity index (χ1v) is 11.0. The van der Waals surface area contributed by atoms with Gasteiger partial charge in [-0.25, -0.2) is 0 Å². The maximum Gasteiger partial charge on any atom is 0.224 e. The summed E-state index contributed by atoms with van der Waals surface area (Å²) in [6.45, 7) is 6.86. The van der Waals surface area contributed by atoms with Gasteiger partial charge in [0, 0.05) is 42.4 Å². The average Bonchev–Trinajstić information content (AvgIpc) is 3.39. The van der Waals surface area contributed by atoms with Gasteiger partial charge in [-0.05, 0) is 74.1 Å². The lowest BCUT2D eigenvalue weighted by Gasteiger charge is -2.29. The van der Waals surface area contributed by atoms with Gasteiger partial charge in [0.2, 0.25) is 5.91 Å². The predicted molar refractivity (Wildman–Crippen MR) is 128 cm³/mol. The molecule has 1 saturated heterocycles. The predicted octanol–water partition coefficient (Wildman–Crippen LogP) is 4.74. The zero-order valence-electron chi connectivity index (χ0n) is 18.0. The molecule has 1 amide bonds. The largest absolute Gasteiger partial charge is 0.351 e. The Kier molecular flexibility index (Phi) is 6.04. The third kappa shape index (κ3) is 4.05. The Morgan fingerprint density at radius 3 is 2.71 bits per heavy atom. The topological polar surface area (TPSA) is 62.2 Å². The molecule has 0 spiro atoms. The molecule has 7 heteroatoms. The Balaban J connectivity index is 1.77. The van der Waals surface area contributed by atoms with Crippen LogP contribution in [-0.2, 0) is 11.3 Å². The molecule has 0 bridgehead atoms. The lowest BCUT2D eigenvalue weighted by atomic mass is 10.0. The minimum Gasteiger partial charge on any atom is -0.351 e. The quantitative estimate of drug-likeness (QED) is 0.550. The van der Waals surface area contributed by atoms with Crippen molar-refractivity contribution < 1.29 is 4.79 Å². The molecule has 0 aliphatic carbocycles. The number of hydrogen-bond acceptors (Lipinski definition) is 3. The lowest BCUT2D eigenvalue weighted by molar-refractivity contribution is -0.115. The number of benzene rings is 1. The van der Waals surface area contributed by atoms with Crippen LogP contribution in [0.4, 0.5) is 11.4 Å². The summed E-state index contributed by atoms with van der Waals surface area (Å²) in [5, 5.41) is 7.12. The molecule has 0 radical (unpaired) electrons. The Morgan fingerprint density at radius 2 is 2.03 bits per heavy atom. The van der Waals surface area contributed by atoms with Crippen molar-refractivity contribution >= 4 is 34.6 Å². The van der Waals surface area contributed by atoms with E-state index >= 15 is 0 Å². The molecule has 4 rings (SSSR count). The number of aromatic nitrogens is 2. The highest BCUT2D eigenvalue weighted by molar-refractivity contribution is 7.80. The molecule has 0 saturated carbocycles. The highest BCUT2D eigenvalue weighted by Gasteiger charge is 2.42. The van der Waals surface area contributed by atoms with E-state index in [1.807, 2.05) is 50.4 Å². The number of anilines is 2. The van der Waals surface area contributed by atoms with Crippen LogP contribution in [0.2, 0.25) is 0 Å². The standard InChI is InChI=1S/C24H27N5OS/c1-4-21(30)26-18-12-11-17(15-16(18)3)29-23(20-10-8-14-28(20)5-2)22(27-24(29)31)19-9-6-7-13-25-19/h6-15,22-23H,4-5H2,1-3H3,(H,26,30)(H,27,31)/t22-,23-/m0/s1. The van der Waals surface area contributed by atoms with Crippen LogP contribution in [-0.4, -0.2) is 20.6 Å². The molecule has 1 fully saturated rings. The number of amides is 1. The number of hydrogen-bond donors (Lipinski definition) is 2. The van der Waals surface area contributed by atoms with Crippen LogP contribution >= 0.6 is 12.2 Å². The third-order valence-electron chi connectivity index (χ3n) is 5.69. The summed E-state index contributed by atoms with van der Waals surface area (Å²) in [5.41, 5.74) is 4.92. The fraction of sp³-hybridized carbons (Fsp3) is 0.292. The molecule has 3 aromatic rings. The first-order chi connectivity index (χ1) is 15.0. The Labute approximate surface area is 188 Å². The van der Waals surface area contributed by atoms with E-state index in [0.717, 1.165) is 29.2 Å². The van der Waals surface area contributed by atoms with Crippen LogP contribution in [0.1, 0.15) is 49.3 Å². The van der Waals surface area contributed by atoms with E-state index in [2.05, 4.69) is 56.4 Å². The van der Waals surface area contributed by atoms with E-state index in [0.29, 0.717) is 11.5 Å². The number of nitrogens with zero attached hydrogens (tertiary/aromatic N) is 3. The van der Waals surface area contributed by atoms with Gasteiger partial charge >= 0.3 is 0 Å². The van der Waals surface area contributed by atoms with Crippen molar-refractivity contribution in [2.24, 2.45) is 0 Å². The molecular weight excluding hydrogens is 406 g/mol. The fourth-order valence-corrected chi connectivity index (χ4v) is 4.44. The summed E-state index contributed by atoms with van der Waals surface area (Å²) in [6.07, 6.45) is 4.36. The molecule has 3 heterocycles. The Hall–Kier alpha value is -3.19. The van der Waals surface area contributed by atoms with Crippen molar-refractivity contribution in [2.75, 3.05) is 10.2 Å². The molecule has 1 aromatic carbocycles. The van der Waals surface area contributed by atoms with Crippen LogP contribution in [0.25, 0.3) is 0 Å². The minimum absolute atomic E-state index is 0.00285. The summed E-state index contributed by atoms with van der Waals surface area (Å²) >= 11 is 5.80. The van der Waals surface area contributed by atoms with Crippen molar-refractivity contribution in [1.82, 2.24) is 14.9 Å². The van der Waals surface area contributed by atoms with Crippen molar-refractivity contribution in [3.8, 4) is 0 Å². The normalized spacial score (nSPS) is 18.2. The van der Waals surface area contributed by atoms with Gasteiger partial charge in [-0.15, -0.1) is 0 Å². The monoisotopic (exact) mass is 433 g/mol. The van der Waals surface area contributed by atoms with E-state index in [-0.39, 0.29) is 18.0 Å². The number of aryl methyl sites for hydroxylation is 2. The summed E-state index contributed by atoms with van der Waals surface area (Å²) in [5.74, 6) is 0.00285. The van der Waals surface area contributed by atoms with Gasteiger partial charge in [-0.1, -0.05) is 13.0 Å². The Bertz CT molecular complexity index is 1090. The van der Waals surface area contributed by atoms with E-state index in [1.54, 1.807) is 0 Å². The molecule has 0 unspecified atom stereocenters. The average molecular weight is 434 g/mol. The first kappa shape index (κ1) is 21.1.